The Bertz CT molecular complexity index is 998. The van der Waals surface area contributed by atoms with Gasteiger partial charge in [0.15, 0.2) is 0 Å². The first-order valence-electron chi connectivity index (χ1n) is 11.6. The summed E-state index contributed by atoms with van der Waals surface area (Å²) in [7, 11) is 0. The number of aromatic amines is 1. The topological polar surface area (TPSA) is 200 Å². The van der Waals surface area contributed by atoms with Crippen molar-refractivity contribution >= 4 is 23.7 Å². The van der Waals surface area contributed by atoms with E-state index in [2.05, 4.69) is 25.9 Å². The van der Waals surface area contributed by atoms with Gasteiger partial charge in [0.25, 0.3) is 0 Å². The summed E-state index contributed by atoms with van der Waals surface area (Å²) in [6, 6.07) is 4.18. The van der Waals surface area contributed by atoms with Crippen molar-refractivity contribution in [2.45, 2.75) is 57.3 Å². The third kappa shape index (κ3) is 9.12. The first-order chi connectivity index (χ1) is 17.1. The minimum atomic E-state index is -1.54. The lowest BCUT2D eigenvalue weighted by Gasteiger charge is -2.25. The van der Waals surface area contributed by atoms with Crippen molar-refractivity contribution in [3.63, 3.8) is 0 Å². The first-order valence-corrected chi connectivity index (χ1v) is 11.6. The van der Waals surface area contributed by atoms with E-state index in [1.807, 2.05) is 13.8 Å². The molecule has 4 unspecified atom stereocenters. The van der Waals surface area contributed by atoms with Crippen LogP contribution >= 0.6 is 0 Å². The summed E-state index contributed by atoms with van der Waals surface area (Å²) in [6.45, 7) is 3.02. The molecular weight excluding hydrogens is 468 g/mol. The number of nitrogens with two attached hydrogens (primary N) is 1. The minimum Gasteiger partial charge on any atom is -0.480 e. The highest BCUT2D eigenvalue weighted by Gasteiger charge is 2.31. The summed E-state index contributed by atoms with van der Waals surface area (Å²) in [5.74, 6) is -3.23. The number of aromatic nitrogens is 2. The molecule has 12 nitrogen and oxygen atoms in total. The predicted molar refractivity (Wildman–Crippen MR) is 130 cm³/mol. The van der Waals surface area contributed by atoms with Crippen molar-refractivity contribution in [2.75, 3.05) is 6.61 Å². The van der Waals surface area contributed by atoms with Crippen LogP contribution in [0.4, 0.5) is 0 Å². The number of carboxylic acid groups (broad SMARTS) is 1. The molecule has 1 aromatic heterocycles. The van der Waals surface area contributed by atoms with Gasteiger partial charge < -0.3 is 36.9 Å². The number of hydrogen-bond donors (Lipinski definition) is 7. The maximum atomic E-state index is 13.3. The smallest absolute Gasteiger partial charge is 0.328 e. The quantitative estimate of drug-likeness (QED) is 0.172. The SMILES string of the molecule is CC(C)CC(N)C(=O)NC(Cc1cnc[nH]1)C(=O)NC(Cc1ccccc1)C(=O)NC(CO)C(=O)O. The summed E-state index contributed by atoms with van der Waals surface area (Å²) in [5, 5.41) is 26.0. The Kier molecular flexibility index (Phi) is 11.0. The fraction of sp³-hybridized carbons (Fsp3) is 0.458. The van der Waals surface area contributed by atoms with Gasteiger partial charge in [-0.3, -0.25) is 14.4 Å². The molecule has 2 aromatic rings. The van der Waals surface area contributed by atoms with Gasteiger partial charge in [0.05, 0.1) is 19.0 Å². The Morgan fingerprint density at radius 1 is 0.944 bits per heavy atom. The van der Waals surface area contributed by atoms with Crippen LogP contribution in [0.1, 0.15) is 31.5 Å². The number of aliphatic hydroxyl groups is 1. The number of hydrogen-bond acceptors (Lipinski definition) is 7. The Morgan fingerprint density at radius 2 is 1.53 bits per heavy atom. The van der Waals surface area contributed by atoms with Gasteiger partial charge in [-0.2, -0.15) is 0 Å². The second-order valence-corrected chi connectivity index (χ2v) is 8.91. The lowest BCUT2D eigenvalue weighted by atomic mass is 10.0. The van der Waals surface area contributed by atoms with Crippen LogP contribution in [0.15, 0.2) is 42.9 Å². The zero-order valence-electron chi connectivity index (χ0n) is 20.3. The van der Waals surface area contributed by atoms with Crippen LogP contribution in [0, 0.1) is 5.92 Å². The molecule has 1 aromatic carbocycles. The average molecular weight is 503 g/mol. The van der Waals surface area contributed by atoms with Crippen LogP contribution in [0.2, 0.25) is 0 Å². The molecule has 2 rings (SSSR count). The molecule has 0 aliphatic heterocycles. The molecule has 0 fully saturated rings. The van der Waals surface area contributed by atoms with Crippen LogP contribution in [0.25, 0.3) is 0 Å². The molecule has 36 heavy (non-hydrogen) atoms. The fourth-order valence-electron chi connectivity index (χ4n) is 3.51. The third-order valence-corrected chi connectivity index (χ3v) is 5.39. The number of imidazole rings is 1. The molecule has 8 N–H and O–H groups in total. The predicted octanol–water partition coefficient (Wildman–Crippen LogP) is -0.900. The highest BCUT2D eigenvalue weighted by molar-refractivity contribution is 5.94. The van der Waals surface area contributed by atoms with Crippen LogP contribution in [0.5, 0.6) is 0 Å². The zero-order valence-corrected chi connectivity index (χ0v) is 20.3. The van der Waals surface area contributed by atoms with Gasteiger partial charge in [0.1, 0.15) is 18.1 Å². The molecule has 196 valence electrons. The van der Waals surface area contributed by atoms with Gasteiger partial charge in [-0.15, -0.1) is 0 Å². The molecule has 0 saturated carbocycles. The number of amides is 3. The summed E-state index contributed by atoms with van der Waals surface area (Å²) in [6.07, 6.45) is 3.46. The van der Waals surface area contributed by atoms with E-state index in [1.165, 1.54) is 12.5 Å². The molecule has 0 spiro atoms. The maximum Gasteiger partial charge on any atom is 0.328 e. The monoisotopic (exact) mass is 502 g/mol. The molecule has 0 aliphatic carbocycles. The lowest BCUT2D eigenvalue weighted by molar-refractivity contribution is -0.143. The second kappa shape index (κ2) is 14.0. The number of benzene rings is 1. The number of aliphatic hydroxyl groups excluding tert-OH is 1. The van der Waals surface area contributed by atoms with Gasteiger partial charge >= 0.3 is 5.97 Å². The Labute approximate surface area is 209 Å². The number of rotatable bonds is 14. The summed E-state index contributed by atoms with van der Waals surface area (Å²) < 4.78 is 0. The largest absolute Gasteiger partial charge is 0.480 e. The number of H-pyrrole nitrogens is 1. The van der Waals surface area contributed by atoms with Gasteiger partial charge in [0.2, 0.25) is 17.7 Å². The van der Waals surface area contributed by atoms with Crippen molar-refractivity contribution in [3.8, 4) is 0 Å². The molecule has 0 radical (unpaired) electrons. The van der Waals surface area contributed by atoms with E-state index in [0.717, 1.165) is 0 Å². The normalized spacial score (nSPS) is 14.4. The highest BCUT2D eigenvalue weighted by Crippen LogP contribution is 2.08. The van der Waals surface area contributed by atoms with Crippen molar-refractivity contribution in [2.24, 2.45) is 11.7 Å². The van der Waals surface area contributed by atoms with Gasteiger partial charge in [-0.1, -0.05) is 44.2 Å². The van der Waals surface area contributed by atoms with Crippen molar-refractivity contribution in [1.29, 1.82) is 0 Å². The fourth-order valence-corrected chi connectivity index (χ4v) is 3.51. The van der Waals surface area contributed by atoms with Crippen molar-refractivity contribution in [1.82, 2.24) is 25.9 Å². The van der Waals surface area contributed by atoms with E-state index in [0.29, 0.717) is 17.7 Å². The first kappa shape index (κ1) is 28.5. The van der Waals surface area contributed by atoms with E-state index in [-0.39, 0.29) is 18.8 Å². The van der Waals surface area contributed by atoms with E-state index in [4.69, 9.17) is 5.73 Å². The third-order valence-electron chi connectivity index (χ3n) is 5.39. The summed E-state index contributed by atoms with van der Waals surface area (Å²) >= 11 is 0. The Morgan fingerprint density at radius 3 is 2.06 bits per heavy atom. The molecule has 3 amide bonds. The van der Waals surface area contributed by atoms with Gasteiger partial charge in [0, 0.05) is 24.7 Å². The second-order valence-electron chi connectivity index (χ2n) is 8.91. The van der Waals surface area contributed by atoms with Crippen LogP contribution < -0.4 is 21.7 Å². The summed E-state index contributed by atoms with van der Waals surface area (Å²) in [4.78, 5) is 57.0. The molecule has 1 heterocycles. The van der Waals surface area contributed by atoms with Crippen LogP contribution in [-0.2, 0) is 32.0 Å². The number of nitrogens with zero attached hydrogens (tertiary/aromatic N) is 1. The van der Waals surface area contributed by atoms with Gasteiger partial charge in [-0.05, 0) is 17.9 Å². The van der Waals surface area contributed by atoms with Crippen molar-refractivity contribution in [3.05, 3.63) is 54.1 Å². The molecule has 12 heteroatoms. The number of nitrogens with one attached hydrogen (secondary N) is 4. The highest BCUT2D eigenvalue weighted by atomic mass is 16.4. The van der Waals surface area contributed by atoms with E-state index in [1.54, 1.807) is 30.3 Å². The standard InChI is InChI=1S/C24H34N6O6/c1-14(2)8-17(25)21(32)28-19(10-16-11-26-13-27-16)23(34)29-18(9-15-6-4-3-5-7-15)22(33)30-20(12-31)24(35)36/h3-7,11,13-14,17-20,31H,8-10,12,25H2,1-2H3,(H,26,27)(H,28,32)(H,29,34)(H,30,33)(H,35,36). The average Bonchev–Trinajstić information content (AvgIpc) is 3.34. The Hall–Kier alpha value is -3.77. The minimum absolute atomic E-state index is 0.0494. The number of carboxylic acids is 1. The maximum absolute atomic E-state index is 13.3. The van der Waals surface area contributed by atoms with E-state index in [9.17, 15) is 29.4 Å². The van der Waals surface area contributed by atoms with E-state index >= 15 is 0 Å². The molecule has 4 atom stereocenters. The molecule has 0 bridgehead atoms. The number of carbonyl (C=O) groups excluding carboxylic acids is 3. The van der Waals surface area contributed by atoms with Crippen LogP contribution in [-0.4, -0.2) is 74.6 Å². The van der Waals surface area contributed by atoms with E-state index < -0.39 is 54.5 Å². The molecular formula is C24H34N6O6. The zero-order chi connectivity index (χ0) is 26.7. The van der Waals surface area contributed by atoms with Crippen LogP contribution in [0.3, 0.4) is 0 Å². The lowest BCUT2D eigenvalue weighted by Crippen LogP contribution is -2.58. The number of aliphatic carboxylic acids is 1. The summed E-state index contributed by atoms with van der Waals surface area (Å²) in [5.41, 5.74) is 7.27. The molecule has 0 aliphatic rings. The molecule has 0 saturated heterocycles. The number of carbonyl (C=O) groups is 4. The van der Waals surface area contributed by atoms with Crippen molar-refractivity contribution < 1.29 is 29.4 Å². The van der Waals surface area contributed by atoms with Gasteiger partial charge in [-0.25, -0.2) is 9.78 Å². The Balaban J connectivity index is 2.24.